The average molecular weight is 1230 g/mol. The van der Waals surface area contributed by atoms with Gasteiger partial charge in [-0.1, -0.05) is 101 Å². The Bertz CT molecular complexity index is 3110. The molecule has 0 amide bonds. The summed E-state index contributed by atoms with van der Waals surface area (Å²) in [5.74, 6) is 1.83. The van der Waals surface area contributed by atoms with Crippen LogP contribution in [0.2, 0.25) is 0 Å². The van der Waals surface area contributed by atoms with Crippen molar-refractivity contribution in [1.82, 2.24) is 4.58 Å². The van der Waals surface area contributed by atoms with Crippen molar-refractivity contribution < 1.29 is 77.1 Å². The second-order valence-electron chi connectivity index (χ2n) is 20.1. The van der Waals surface area contributed by atoms with Crippen LogP contribution < -0.4 is 71.3 Å². The van der Waals surface area contributed by atoms with E-state index >= 15 is 0 Å². The first-order valence-corrected chi connectivity index (χ1v) is 31.0. The Morgan fingerprint density at radius 3 is 1.49 bits per heavy atom. The molecule has 11 nitrogen and oxygen atoms in total. The number of esters is 2. The van der Waals surface area contributed by atoms with Crippen LogP contribution in [0.15, 0.2) is 126 Å². The number of benzene rings is 6. The molecule has 0 atom stereocenters. The van der Waals surface area contributed by atoms with Gasteiger partial charge in [-0.25, -0.2) is 14.2 Å². The summed E-state index contributed by atoms with van der Waals surface area (Å²) in [6.45, 7) is 30.0. The van der Waals surface area contributed by atoms with E-state index in [1.165, 1.54) is 0 Å². The summed E-state index contributed by atoms with van der Waals surface area (Å²) in [7, 11) is 0. The molecule has 16 heteroatoms. The van der Waals surface area contributed by atoms with E-state index in [1.807, 2.05) is 42.5 Å². The zero-order chi connectivity index (χ0) is 58.3. The fourth-order valence-electron chi connectivity index (χ4n) is 11.0. The smallest absolute Gasteiger partial charge is 1.00 e. The van der Waals surface area contributed by atoms with Gasteiger partial charge in [-0.05, 0) is 122 Å². The normalized spacial score (nSPS) is 11.0. The van der Waals surface area contributed by atoms with E-state index in [0.29, 0.717) is 24.3 Å². The van der Waals surface area contributed by atoms with Crippen LogP contribution in [0.5, 0.6) is 11.5 Å². The molecule has 3 radical (unpaired) electrons. The van der Waals surface area contributed by atoms with Crippen LogP contribution in [-0.4, -0.2) is 96.7 Å². The van der Waals surface area contributed by atoms with E-state index in [1.54, 1.807) is 0 Å². The molecule has 2 heterocycles. The molecule has 0 fully saturated rings. The SMILES string of the molecule is CCCCCCOC(=O)c1ccccc1-c1c2ccc(=[N+](CC)CC)cc-2oc2cc(N(CC)CC)ccc12.CCCCCCOC(=O)c1ccccc1C1c2ccc(N(CC)CC)cc2Oc2cc(N(CC)CC)ccc21.ClCCl.O.[B].[Cl-].[H-].[Na+]. The Balaban J connectivity index is 0.000000779. The van der Waals surface area contributed by atoms with Crippen molar-refractivity contribution in [2.75, 3.05) is 85.6 Å². The third kappa shape index (κ3) is 19.4. The summed E-state index contributed by atoms with van der Waals surface area (Å²) in [6.07, 6.45) is 8.57. The van der Waals surface area contributed by atoms with Gasteiger partial charge in [-0.3, -0.25) is 0 Å². The zero-order valence-corrected chi connectivity index (χ0v) is 56.8. The molecular formula is C69H92BCl3N4NaO7. The maximum Gasteiger partial charge on any atom is 1.00 e. The largest absolute Gasteiger partial charge is 1.00 e. The van der Waals surface area contributed by atoms with Gasteiger partial charge in [0.25, 0.3) is 0 Å². The van der Waals surface area contributed by atoms with Gasteiger partial charge in [0.2, 0.25) is 5.36 Å². The number of carbonyl (C=O) groups excluding carboxylic acids is 2. The van der Waals surface area contributed by atoms with E-state index in [4.69, 9.17) is 41.8 Å². The summed E-state index contributed by atoms with van der Waals surface area (Å²) < 4.78 is 27.0. The van der Waals surface area contributed by atoms with Gasteiger partial charge >= 0.3 is 41.5 Å². The quantitative estimate of drug-likeness (QED) is 0.0138. The van der Waals surface area contributed by atoms with Crippen LogP contribution in [-0.2, 0) is 9.47 Å². The fourth-order valence-corrected chi connectivity index (χ4v) is 11.0. The number of nitrogens with zero attached hydrogens (tertiary/aromatic N) is 4. The van der Waals surface area contributed by atoms with E-state index in [0.717, 1.165) is 188 Å². The van der Waals surface area contributed by atoms with Crippen LogP contribution in [0.1, 0.15) is 165 Å². The molecule has 0 spiro atoms. The first-order chi connectivity index (χ1) is 39.5. The van der Waals surface area contributed by atoms with Crippen molar-refractivity contribution in [2.45, 2.75) is 127 Å². The number of alkyl halides is 2. The van der Waals surface area contributed by atoms with Crippen molar-refractivity contribution in [2.24, 2.45) is 0 Å². The molecule has 5 aromatic carbocycles. The second-order valence-corrected chi connectivity index (χ2v) is 20.9. The molecule has 1 aliphatic carbocycles. The molecule has 8 rings (SSSR count). The van der Waals surface area contributed by atoms with Crippen molar-refractivity contribution in [3.05, 3.63) is 155 Å². The predicted octanol–water partition coefficient (Wildman–Crippen LogP) is 10.3. The maximum atomic E-state index is 13.3. The molecule has 455 valence electrons. The minimum atomic E-state index is -0.274. The van der Waals surface area contributed by atoms with Gasteiger partial charge in [0, 0.05) is 123 Å². The van der Waals surface area contributed by atoms with Crippen molar-refractivity contribution >= 4 is 71.6 Å². The fraction of sp³-hybridized carbons (Fsp3) is 0.435. The molecule has 0 unspecified atom stereocenters. The number of unbranched alkanes of at least 4 members (excludes halogenated alkanes) is 6. The second kappa shape index (κ2) is 39.6. The number of halogens is 3. The molecule has 0 bridgehead atoms. The molecule has 2 N–H and O–H groups in total. The Hall–Kier alpha value is -5.18. The van der Waals surface area contributed by atoms with Crippen molar-refractivity contribution in [1.29, 1.82) is 0 Å². The van der Waals surface area contributed by atoms with E-state index in [-0.39, 0.29) is 80.5 Å². The summed E-state index contributed by atoms with van der Waals surface area (Å²) in [4.78, 5) is 33.6. The Labute approximate surface area is 549 Å². The van der Waals surface area contributed by atoms with Gasteiger partial charge in [0.15, 0.2) is 0 Å². The molecule has 5 aromatic rings. The molecule has 0 saturated heterocycles. The van der Waals surface area contributed by atoms with Gasteiger partial charge in [0.1, 0.15) is 35.9 Å². The Morgan fingerprint density at radius 2 is 1.00 bits per heavy atom. The minimum absolute atomic E-state index is 0. The molecule has 0 saturated carbocycles. The number of hydrogen-bond acceptors (Lipinski definition) is 9. The first-order valence-electron chi connectivity index (χ1n) is 30.0. The summed E-state index contributed by atoms with van der Waals surface area (Å²) in [6, 6.07) is 41.5. The van der Waals surface area contributed by atoms with Crippen molar-refractivity contribution in [3.63, 3.8) is 0 Å². The van der Waals surface area contributed by atoms with Crippen LogP contribution >= 0.6 is 23.2 Å². The van der Waals surface area contributed by atoms with Crippen molar-refractivity contribution in [3.8, 4) is 33.9 Å². The third-order valence-corrected chi connectivity index (χ3v) is 15.4. The minimum Gasteiger partial charge on any atom is -1.00 e. The number of anilines is 3. The number of carbonyl (C=O) groups is 2. The Kier molecular flexibility index (Phi) is 35.4. The summed E-state index contributed by atoms with van der Waals surface area (Å²) in [5.41, 5.74) is 11.4. The van der Waals surface area contributed by atoms with Gasteiger partial charge in [0.05, 0.1) is 35.7 Å². The van der Waals surface area contributed by atoms with Gasteiger partial charge < -0.3 is 52.6 Å². The Morgan fingerprint density at radius 1 is 0.541 bits per heavy atom. The molecule has 3 aliphatic rings. The van der Waals surface area contributed by atoms with Crippen LogP contribution in [0.3, 0.4) is 0 Å². The van der Waals surface area contributed by atoms with Gasteiger partial charge in [-0.15, -0.1) is 23.2 Å². The molecule has 2 aliphatic heterocycles. The number of ether oxygens (including phenoxy) is 3. The number of rotatable bonds is 25. The summed E-state index contributed by atoms with van der Waals surface area (Å²) >= 11 is 9.53. The van der Waals surface area contributed by atoms with Crippen LogP contribution in [0, 0.1) is 0 Å². The summed E-state index contributed by atoms with van der Waals surface area (Å²) in [5, 5.41) is 2.30. The topological polar surface area (TPSA) is 119 Å². The first kappa shape index (κ1) is 75.9. The average Bonchev–Trinajstić information content (AvgIpc) is 1.03. The van der Waals surface area contributed by atoms with Gasteiger partial charge in [-0.2, -0.15) is 0 Å². The van der Waals surface area contributed by atoms with E-state index in [2.05, 4.69) is 167 Å². The molecule has 85 heavy (non-hydrogen) atoms. The van der Waals surface area contributed by atoms with Crippen LogP contribution in [0.25, 0.3) is 33.4 Å². The zero-order valence-electron chi connectivity index (χ0n) is 53.5. The predicted molar refractivity (Wildman–Crippen MR) is 352 cm³/mol. The number of fused-ring (bicyclic) bond motifs is 4. The number of hydrogen-bond donors (Lipinski definition) is 0. The van der Waals surface area contributed by atoms with E-state index in [9.17, 15) is 9.59 Å². The third-order valence-electron chi connectivity index (χ3n) is 15.4. The molecular weight excluding hydrogens is 1140 g/mol. The standard InChI is InChI=1S/C34H44N2O3.C34H43N2O3.CH2Cl2.B.ClH.Na.H2O.H/c2*1-6-11-12-15-22-38-34(37)28-17-14-13-16-27(28)33-29-20-18-25(35(7-2)8-3)23-31(29)39-32-24-26(19-21-30(32)33)36(9-4)10-5;2-1-3;;;;;/h13-14,16-21,23-24,33H,6-12,15,22H2,1-5H3;13-14,16-21,23-24H,6-12,15,22H2,1-5H3;1H2;;1H;;1H2;/q;+1;;;;+1;;-1/p-1. The maximum absolute atomic E-state index is 13.3. The van der Waals surface area contributed by atoms with Crippen LogP contribution in [0.4, 0.5) is 17.1 Å². The monoisotopic (exact) mass is 1230 g/mol. The molecule has 0 aromatic heterocycles. The van der Waals surface area contributed by atoms with E-state index < -0.39 is 0 Å².